The summed E-state index contributed by atoms with van der Waals surface area (Å²) in [5, 5.41) is 18.8. The van der Waals surface area contributed by atoms with E-state index in [1.165, 1.54) is 15.7 Å². The molecule has 13 nitrogen and oxygen atoms in total. The van der Waals surface area contributed by atoms with E-state index >= 15 is 0 Å². The van der Waals surface area contributed by atoms with Crippen molar-refractivity contribution < 1.29 is 14.4 Å². The van der Waals surface area contributed by atoms with E-state index in [9.17, 15) is 14.4 Å². The van der Waals surface area contributed by atoms with Crippen LogP contribution in [0.3, 0.4) is 0 Å². The Labute approximate surface area is 325 Å². The third-order valence-corrected chi connectivity index (χ3v) is 10.1. The number of nitrogens with one attached hydrogen (secondary N) is 2. The molecule has 0 fully saturated rings. The highest BCUT2D eigenvalue weighted by molar-refractivity contribution is 6.15. The quantitative estimate of drug-likeness (QED) is 0.103. The van der Waals surface area contributed by atoms with Crippen LogP contribution in [0.2, 0.25) is 0 Å². The second kappa shape index (κ2) is 15.7. The smallest absolute Gasteiger partial charge is 0.278 e. The Morgan fingerprint density at radius 2 is 1.09 bits per heavy atom. The summed E-state index contributed by atoms with van der Waals surface area (Å²) in [7, 11) is 3.37. The van der Waals surface area contributed by atoms with Crippen LogP contribution in [0.25, 0.3) is 21.5 Å². The van der Waals surface area contributed by atoms with Crippen LogP contribution in [-0.4, -0.2) is 63.3 Å². The molecule has 0 radical (unpaired) electrons. The predicted octanol–water partition coefficient (Wildman–Crippen LogP) is 7.08. The molecule has 0 bridgehead atoms. The average Bonchev–Trinajstić information content (AvgIpc) is 3.95. The van der Waals surface area contributed by atoms with Crippen molar-refractivity contribution in [2.45, 2.75) is 39.5 Å². The monoisotopic (exact) mass is 762 g/mol. The molecule has 55 heavy (non-hydrogen) atoms. The standard InChI is InChI=1S/C38H38N10O3.C2H6.CH3Cl/c1-20-18-47(30-13-26(39)22-9-5-7-11-24(22)35(20)30)37(50)28-15-32(45(3)43-28)41-17-34(49)42-33-16-29(44-46(33)4)38(51)48-19-21(2)36-25-12-8-6-10-23(25)27(40)14-31(36)48;2*1-2/h5-16,20-21,41H,17-19,39-40H2,1-4H3,(H,42,49);1-2H3;1H3. The van der Waals surface area contributed by atoms with Crippen molar-refractivity contribution in [2.24, 2.45) is 14.1 Å². The molecule has 8 rings (SSSR count). The second-order valence-corrected chi connectivity index (χ2v) is 13.5. The Hall–Kier alpha value is -6.08. The number of alkyl halides is 1. The van der Waals surface area contributed by atoms with Gasteiger partial charge in [-0.2, -0.15) is 10.2 Å². The van der Waals surface area contributed by atoms with E-state index in [4.69, 9.17) is 11.5 Å². The molecule has 2 aliphatic heterocycles. The number of hydrogen-bond donors (Lipinski definition) is 4. The number of carbonyl (C=O) groups excluding carboxylic acids is 3. The molecule has 2 unspecified atom stereocenters. The van der Waals surface area contributed by atoms with Crippen molar-refractivity contribution in [3.63, 3.8) is 0 Å². The first-order chi connectivity index (χ1) is 26.5. The highest BCUT2D eigenvalue weighted by atomic mass is 35.5. The van der Waals surface area contributed by atoms with Crippen LogP contribution >= 0.6 is 11.6 Å². The van der Waals surface area contributed by atoms with Gasteiger partial charge in [0.1, 0.15) is 11.6 Å². The van der Waals surface area contributed by atoms with Gasteiger partial charge in [-0.05, 0) is 34.0 Å². The van der Waals surface area contributed by atoms with Gasteiger partial charge in [-0.3, -0.25) is 23.7 Å². The number of aryl methyl sites for hydroxylation is 2. The number of amides is 3. The highest BCUT2D eigenvalue weighted by Gasteiger charge is 2.35. The van der Waals surface area contributed by atoms with Gasteiger partial charge in [0.15, 0.2) is 11.4 Å². The van der Waals surface area contributed by atoms with Crippen LogP contribution in [0, 0.1) is 0 Å². The first-order valence-electron chi connectivity index (χ1n) is 18.3. The summed E-state index contributed by atoms with van der Waals surface area (Å²) < 4.78 is 2.99. The number of carbonyl (C=O) groups is 3. The van der Waals surface area contributed by atoms with Crippen molar-refractivity contribution in [3.8, 4) is 0 Å². The molecule has 4 aromatic carbocycles. The number of rotatable bonds is 6. The summed E-state index contributed by atoms with van der Waals surface area (Å²) in [6.07, 6.45) is 1.47. The Balaban J connectivity index is 0.00000125. The molecule has 3 amide bonds. The molecule has 0 saturated heterocycles. The van der Waals surface area contributed by atoms with E-state index in [-0.39, 0.29) is 47.5 Å². The third kappa shape index (κ3) is 6.91. The minimum absolute atomic E-state index is 0.111. The summed E-state index contributed by atoms with van der Waals surface area (Å²) >= 11 is 4.64. The number of halogens is 1. The summed E-state index contributed by atoms with van der Waals surface area (Å²) in [6.45, 7) is 9.08. The molecule has 4 heterocycles. The fourth-order valence-electron chi connectivity index (χ4n) is 7.68. The Morgan fingerprint density at radius 1 is 0.691 bits per heavy atom. The van der Waals surface area contributed by atoms with Crippen molar-refractivity contribution in [1.29, 1.82) is 0 Å². The lowest BCUT2D eigenvalue weighted by Gasteiger charge is -2.17. The zero-order chi connectivity index (χ0) is 39.7. The van der Waals surface area contributed by atoms with Crippen molar-refractivity contribution in [2.75, 3.05) is 57.9 Å². The van der Waals surface area contributed by atoms with E-state index in [1.807, 2.05) is 74.5 Å². The minimum Gasteiger partial charge on any atom is -0.398 e. The zero-order valence-corrected chi connectivity index (χ0v) is 32.9. The Bertz CT molecular complexity index is 2440. The highest BCUT2D eigenvalue weighted by Crippen LogP contribution is 2.45. The average molecular weight is 763 g/mol. The lowest BCUT2D eigenvalue weighted by Crippen LogP contribution is -2.30. The predicted molar refractivity (Wildman–Crippen MR) is 224 cm³/mol. The van der Waals surface area contributed by atoms with Gasteiger partial charge in [0, 0.05) is 79.7 Å². The molecule has 0 saturated carbocycles. The third-order valence-electron chi connectivity index (χ3n) is 10.1. The number of anilines is 6. The van der Waals surface area contributed by atoms with Gasteiger partial charge in [-0.15, -0.1) is 11.6 Å². The fourth-order valence-corrected chi connectivity index (χ4v) is 7.68. The molecule has 14 heteroatoms. The number of nitrogens with zero attached hydrogens (tertiary/aromatic N) is 6. The van der Waals surface area contributed by atoms with Crippen LogP contribution in [0.15, 0.2) is 72.8 Å². The van der Waals surface area contributed by atoms with E-state index in [1.54, 1.807) is 36.0 Å². The van der Waals surface area contributed by atoms with Crippen LogP contribution < -0.4 is 31.9 Å². The van der Waals surface area contributed by atoms with E-state index in [0.29, 0.717) is 36.1 Å². The number of nitrogen functional groups attached to an aromatic ring is 2. The van der Waals surface area contributed by atoms with Gasteiger partial charge >= 0.3 is 0 Å². The molecule has 6 aromatic rings. The molecule has 6 N–H and O–H groups in total. The van der Waals surface area contributed by atoms with Crippen LogP contribution in [0.4, 0.5) is 34.4 Å². The summed E-state index contributed by atoms with van der Waals surface area (Å²) in [5.41, 5.74) is 18.2. The van der Waals surface area contributed by atoms with Gasteiger partial charge in [-0.1, -0.05) is 76.2 Å². The molecule has 2 aromatic heterocycles. The Morgan fingerprint density at radius 3 is 1.55 bits per heavy atom. The van der Waals surface area contributed by atoms with E-state index in [0.717, 1.165) is 44.0 Å². The fraction of sp³-hybridized carbons (Fsp3) is 0.293. The summed E-state index contributed by atoms with van der Waals surface area (Å²) in [5.74, 6) is 0.203. The van der Waals surface area contributed by atoms with Crippen LogP contribution in [0.5, 0.6) is 0 Å². The first-order valence-corrected chi connectivity index (χ1v) is 19.0. The maximum atomic E-state index is 13.8. The first kappa shape index (κ1) is 38.6. The number of nitrogens with two attached hydrogens (primary N) is 2. The van der Waals surface area contributed by atoms with Gasteiger partial charge in [0.25, 0.3) is 11.8 Å². The number of hydrogen-bond acceptors (Lipinski definition) is 8. The normalized spacial score (nSPS) is 15.5. The molecule has 286 valence electrons. The lowest BCUT2D eigenvalue weighted by molar-refractivity contribution is -0.114. The van der Waals surface area contributed by atoms with E-state index in [2.05, 4.69) is 46.3 Å². The second-order valence-electron chi connectivity index (χ2n) is 13.5. The maximum Gasteiger partial charge on any atom is 0.278 e. The Kier molecular flexibility index (Phi) is 11.0. The molecular weight excluding hydrogens is 716 g/mol. The molecule has 0 aliphatic carbocycles. The summed E-state index contributed by atoms with van der Waals surface area (Å²) in [4.78, 5) is 44.0. The molecular formula is C41H47ClN10O3. The van der Waals surface area contributed by atoms with Gasteiger partial charge in [0.05, 0.1) is 17.9 Å². The van der Waals surface area contributed by atoms with Crippen LogP contribution in [0.1, 0.15) is 71.6 Å². The maximum absolute atomic E-state index is 13.8. The zero-order valence-electron chi connectivity index (χ0n) is 32.1. The van der Waals surface area contributed by atoms with Gasteiger partial charge in [0.2, 0.25) is 5.91 Å². The largest absolute Gasteiger partial charge is 0.398 e. The van der Waals surface area contributed by atoms with Gasteiger partial charge in [-0.25, -0.2) is 0 Å². The van der Waals surface area contributed by atoms with Crippen molar-refractivity contribution in [3.05, 3.63) is 95.3 Å². The summed E-state index contributed by atoms with van der Waals surface area (Å²) in [6, 6.07) is 22.8. The van der Waals surface area contributed by atoms with Crippen molar-refractivity contribution >= 4 is 85.3 Å². The van der Waals surface area contributed by atoms with Gasteiger partial charge < -0.3 is 31.9 Å². The van der Waals surface area contributed by atoms with E-state index < -0.39 is 0 Å². The molecule has 0 spiro atoms. The molecule has 2 atom stereocenters. The topological polar surface area (TPSA) is 169 Å². The molecule has 2 aliphatic rings. The van der Waals surface area contributed by atoms with Crippen LogP contribution in [-0.2, 0) is 18.9 Å². The number of benzene rings is 4. The SMILES string of the molecule is CC.CC1CN(C(=O)c2cc(NCC(=O)Nc3cc(C(=O)N4CC(C)c5c4cc(N)c4ccccc54)nn3C)n(C)n2)c2cc(N)c3ccccc3c21.CCl. The lowest BCUT2D eigenvalue weighted by atomic mass is 9.95. The number of aromatic nitrogens is 4. The van der Waals surface area contributed by atoms with Crippen molar-refractivity contribution in [1.82, 2.24) is 19.6 Å². The minimum atomic E-state index is -0.366. The number of fused-ring (bicyclic) bond motifs is 6.